The minimum absolute atomic E-state index is 0.0262. The van der Waals surface area contributed by atoms with Crippen LogP contribution in [0, 0.1) is 0 Å². The summed E-state index contributed by atoms with van der Waals surface area (Å²) in [6, 6.07) is 2.27. The maximum Gasteiger partial charge on any atom is 0.317 e. The maximum atomic E-state index is 12.9. The fourth-order valence-corrected chi connectivity index (χ4v) is 6.16. The molecule has 2 aliphatic rings. The minimum atomic E-state index is -0.0262. The summed E-state index contributed by atoms with van der Waals surface area (Å²) in [6.07, 6.45) is 7.82. The van der Waals surface area contributed by atoms with Crippen molar-refractivity contribution in [1.82, 2.24) is 30.4 Å². The zero-order valence-corrected chi connectivity index (χ0v) is 25.1. The molecule has 9 nitrogen and oxygen atoms in total. The normalized spacial score (nSPS) is 19.5. The van der Waals surface area contributed by atoms with E-state index in [0.29, 0.717) is 36.0 Å². The molecule has 11 heteroatoms. The van der Waals surface area contributed by atoms with Gasteiger partial charge in [-0.1, -0.05) is 56.5 Å². The van der Waals surface area contributed by atoms with Gasteiger partial charge in [-0.15, -0.1) is 0 Å². The molecule has 1 aliphatic heterocycles. The Labute approximate surface area is 237 Å². The highest BCUT2D eigenvalue weighted by Gasteiger charge is 2.30. The van der Waals surface area contributed by atoms with Crippen LogP contribution in [0.2, 0.25) is 5.15 Å². The van der Waals surface area contributed by atoms with E-state index in [4.69, 9.17) is 11.6 Å². The molecule has 2 atom stereocenters. The lowest BCUT2D eigenvalue weighted by molar-refractivity contribution is -0.119. The van der Waals surface area contributed by atoms with Gasteiger partial charge in [0.05, 0.1) is 5.75 Å². The molecular weight excluding hydrogens is 522 g/mol. The Morgan fingerprint density at radius 2 is 1.92 bits per heavy atom. The van der Waals surface area contributed by atoms with Crippen LogP contribution in [-0.2, 0) is 4.79 Å². The Hall–Kier alpha value is -1.78. The summed E-state index contributed by atoms with van der Waals surface area (Å²) in [6.45, 7) is 13.6. The molecule has 0 spiro atoms. The van der Waals surface area contributed by atoms with Crippen molar-refractivity contribution < 1.29 is 9.59 Å². The summed E-state index contributed by atoms with van der Waals surface area (Å²) in [5, 5.41) is 7.16. The summed E-state index contributed by atoms with van der Waals surface area (Å²) >= 11 is 7.63. The highest BCUT2D eigenvalue weighted by molar-refractivity contribution is 7.99. The van der Waals surface area contributed by atoms with E-state index >= 15 is 0 Å². The van der Waals surface area contributed by atoms with E-state index in [9.17, 15) is 9.59 Å². The van der Waals surface area contributed by atoms with E-state index in [-0.39, 0.29) is 29.8 Å². The number of hydrogen-bond donors (Lipinski definition) is 2. The second-order valence-electron chi connectivity index (χ2n) is 10.5. The number of piperazine rings is 1. The predicted molar refractivity (Wildman–Crippen MR) is 156 cm³/mol. The number of nitrogens with zero attached hydrogens (tertiary/aromatic N) is 5. The number of aromatic nitrogens is 2. The van der Waals surface area contributed by atoms with Crippen LogP contribution in [0.25, 0.3) is 0 Å². The van der Waals surface area contributed by atoms with Crippen LogP contribution in [0.1, 0.15) is 72.6 Å². The summed E-state index contributed by atoms with van der Waals surface area (Å²) in [7, 11) is 0. The van der Waals surface area contributed by atoms with Crippen LogP contribution in [0.4, 0.5) is 10.6 Å². The molecule has 0 radical (unpaired) electrons. The molecule has 2 unspecified atom stereocenters. The monoisotopic (exact) mass is 567 g/mol. The molecule has 3 rings (SSSR count). The van der Waals surface area contributed by atoms with Gasteiger partial charge in [-0.25, -0.2) is 14.8 Å². The molecule has 0 aromatic carbocycles. The first-order valence-corrected chi connectivity index (χ1v) is 15.7. The number of anilines is 1. The molecule has 1 aromatic rings. The number of thioether (sulfide) groups is 1. The van der Waals surface area contributed by atoms with Crippen LogP contribution in [-0.4, -0.2) is 94.9 Å². The van der Waals surface area contributed by atoms with Crippen molar-refractivity contribution in [1.29, 1.82) is 0 Å². The molecule has 1 aliphatic carbocycles. The van der Waals surface area contributed by atoms with E-state index in [1.54, 1.807) is 6.07 Å². The first-order valence-electron chi connectivity index (χ1n) is 14.3. The summed E-state index contributed by atoms with van der Waals surface area (Å²) < 4.78 is 0. The summed E-state index contributed by atoms with van der Waals surface area (Å²) in [5.41, 5.74) is 0. The van der Waals surface area contributed by atoms with Gasteiger partial charge in [0.1, 0.15) is 11.0 Å². The van der Waals surface area contributed by atoms with Crippen molar-refractivity contribution in [3.63, 3.8) is 0 Å². The van der Waals surface area contributed by atoms with Crippen LogP contribution in [0.3, 0.4) is 0 Å². The Morgan fingerprint density at radius 3 is 2.61 bits per heavy atom. The fourth-order valence-electron chi connectivity index (χ4n) is 5.26. The van der Waals surface area contributed by atoms with Crippen molar-refractivity contribution in [3.8, 4) is 0 Å². The quantitative estimate of drug-likeness (QED) is 0.220. The lowest BCUT2D eigenvalue weighted by Gasteiger charge is -2.41. The first kappa shape index (κ1) is 30.8. The van der Waals surface area contributed by atoms with Crippen LogP contribution < -0.4 is 15.5 Å². The van der Waals surface area contributed by atoms with E-state index in [0.717, 1.165) is 51.1 Å². The molecule has 0 bridgehead atoms. The molecular formula is C27H46ClN7O2S. The standard InChI is InChI=1S/C27H46ClN7O2S/c1-5-33(6-2)14-10-11-20(3)29-25(36)19-38-26-31-23(28)17-24(32-26)34-15-16-35(21(4)18-34)27(37)30-22-12-8-7-9-13-22/h17,20-22H,5-16,18-19H2,1-4H3,(H,29,36)(H,30,37). The van der Waals surface area contributed by atoms with Crippen molar-refractivity contribution in [2.75, 3.05) is 49.9 Å². The summed E-state index contributed by atoms with van der Waals surface area (Å²) in [4.78, 5) is 40.9. The number of hydrogen-bond acceptors (Lipinski definition) is 7. The van der Waals surface area contributed by atoms with Gasteiger partial charge in [0.2, 0.25) is 5.91 Å². The van der Waals surface area contributed by atoms with Gasteiger partial charge in [0.15, 0.2) is 5.16 Å². The zero-order chi connectivity index (χ0) is 27.5. The third-order valence-electron chi connectivity index (χ3n) is 7.55. The topological polar surface area (TPSA) is 93.7 Å². The molecule has 2 fully saturated rings. The van der Waals surface area contributed by atoms with Crippen molar-refractivity contribution in [2.24, 2.45) is 0 Å². The number of nitrogens with one attached hydrogen (secondary N) is 2. The first-order chi connectivity index (χ1) is 18.3. The Kier molecular flexibility index (Phi) is 12.7. The number of rotatable bonds is 12. The number of carbonyl (C=O) groups excluding carboxylic acids is 2. The van der Waals surface area contributed by atoms with E-state index in [1.807, 2.05) is 4.90 Å². The highest BCUT2D eigenvalue weighted by Crippen LogP contribution is 2.24. The third kappa shape index (κ3) is 9.75. The lowest BCUT2D eigenvalue weighted by Crippen LogP contribution is -2.58. The van der Waals surface area contributed by atoms with Crippen molar-refractivity contribution in [3.05, 3.63) is 11.2 Å². The number of halogens is 1. The minimum Gasteiger partial charge on any atom is -0.353 e. The van der Waals surface area contributed by atoms with Gasteiger partial charge in [0.25, 0.3) is 0 Å². The average molecular weight is 568 g/mol. The fraction of sp³-hybridized carbons (Fsp3) is 0.778. The maximum absolute atomic E-state index is 12.9. The molecule has 2 N–H and O–H groups in total. The number of urea groups is 1. The molecule has 3 amide bonds. The Morgan fingerprint density at radius 1 is 1.18 bits per heavy atom. The highest BCUT2D eigenvalue weighted by atomic mass is 35.5. The third-order valence-corrected chi connectivity index (χ3v) is 8.59. The van der Waals surface area contributed by atoms with Gasteiger partial charge in [0, 0.05) is 43.8 Å². The van der Waals surface area contributed by atoms with E-state index in [1.165, 1.54) is 31.0 Å². The molecule has 38 heavy (non-hydrogen) atoms. The Balaban J connectivity index is 1.46. The molecule has 1 aromatic heterocycles. The smallest absolute Gasteiger partial charge is 0.317 e. The van der Waals surface area contributed by atoms with Crippen molar-refractivity contribution in [2.45, 2.75) is 95.9 Å². The van der Waals surface area contributed by atoms with Crippen LogP contribution >= 0.6 is 23.4 Å². The zero-order valence-electron chi connectivity index (χ0n) is 23.5. The van der Waals surface area contributed by atoms with Crippen LogP contribution in [0.15, 0.2) is 11.2 Å². The van der Waals surface area contributed by atoms with Gasteiger partial charge in [-0.3, -0.25) is 4.79 Å². The van der Waals surface area contributed by atoms with Gasteiger partial charge < -0.3 is 25.3 Å². The van der Waals surface area contributed by atoms with Gasteiger partial charge in [-0.05, 0) is 59.2 Å². The lowest BCUT2D eigenvalue weighted by atomic mass is 9.96. The average Bonchev–Trinajstić information content (AvgIpc) is 2.90. The molecule has 214 valence electrons. The molecule has 1 saturated carbocycles. The van der Waals surface area contributed by atoms with E-state index < -0.39 is 0 Å². The Bertz CT molecular complexity index is 898. The second kappa shape index (κ2) is 15.7. The van der Waals surface area contributed by atoms with Gasteiger partial charge >= 0.3 is 6.03 Å². The predicted octanol–water partition coefficient (Wildman–Crippen LogP) is 4.40. The van der Waals surface area contributed by atoms with Crippen LogP contribution in [0.5, 0.6) is 0 Å². The molecule has 1 saturated heterocycles. The van der Waals surface area contributed by atoms with E-state index in [2.05, 4.69) is 58.1 Å². The number of carbonyl (C=O) groups is 2. The second-order valence-corrected chi connectivity index (χ2v) is 11.9. The van der Waals surface area contributed by atoms with Gasteiger partial charge in [-0.2, -0.15) is 0 Å². The SMILES string of the molecule is CCN(CC)CCCC(C)NC(=O)CSc1nc(Cl)cc(N2CCN(C(=O)NC3CCCCC3)C(C)C2)n1. The summed E-state index contributed by atoms with van der Waals surface area (Å²) in [5.74, 6) is 0.949. The largest absolute Gasteiger partial charge is 0.353 e. The van der Waals surface area contributed by atoms with Crippen molar-refractivity contribution >= 4 is 41.1 Å². The number of amides is 3. The molecule has 2 heterocycles.